The molecule has 2 aliphatic rings. The lowest BCUT2D eigenvalue weighted by Crippen LogP contribution is -2.28. The van der Waals surface area contributed by atoms with Crippen LogP contribution >= 0.6 is 0 Å². The van der Waals surface area contributed by atoms with Crippen LogP contribution in [0.1, 0.15) is 77.9 Å². The average molecular weight is 993 g/mol. The maximum Gasteiger partial charge on any atom is 0.0713 e. The van der Waals surface area contributed by atoms with Crippen LogP contribution < -0.4 is 0 Å². The van der Waals surface area contributed by atoms with Crippen LogP contribution in [0.15, 0.2) is 303 Å². The minimum Gasteiger partial charge on any atom is -0.0622 e. The number of hydrogen-bond donors (Lipinski definition) is 0. The second-order valence-corrected chi connectivity index (χ2v) is 21.2. The topological polar surface area (TPSA) is 0 Å². The standard InChI is InChI=1S/C78H56/c1-53-29-45-63(46-30-53)77(71-25-13-9-21-67(71)68-22-10-14-26-72(68)77)65-49-41-57(42-50-65)55-33-37-61(38-34-55)76(75(59-17-5-3-6-18-59)60-19-7-4-8-20-60)62-39-35-56(36-40-62)58-43-51-66(52-44-58)78(64-47-31-54(2)32-48-64)73-27-15-11-23-69(73)70-24-12-16-28-74(70)78/h3-52H,1-2H3. The summed E-state index contributed by atoms with van der Waals surface area (Å²) in [5.41, 5.74) is 29.0. The predicted octanol–water partition coefficient (Wildman–Crippen LogP) is 19.4. The fourth-order valence-electron chi connectivity index (χ4n) is 13.3. The molecule has 0 saturated carbocycles. The molecule has 0 radical (unpaired) electrons. The molecule has 0 aliphatic heterocycles. The van der Waals surface area contributed by atoms with Gasteiger partial charge in [-0.3, -0.25) is 0 Å². The van der Waals surface area contributed by atoms with Crippen molar-refractivity contribution in [3.05, 3.63) is 381 Å². The first-order valence-corrected chi connectivity index (χ1v) is 27.3. The largest absolute Gasteiger partial charge is 0.0713 e. The Labute approximate surface area is 459 Å². The average Bonchev–Trinajstić information content (AvgIpc) is 4.20. The molecule has 2 aliphatic carbocycles. The molecule has 0 unspecified atom stereocenters. The maximum absolute atomic E-state index is 2.36. The Bertz CT molecular complexity index is 3810. The van der Waals surface area contributed by atoms with Gasteiger partial charge in [-0.15, -0.1) is 0 Å². The van der Waals surface area contributed by atoms with Gasteiger partial charge in [-0.2, -0.15) is 0 Å². The van der Waals surface area contributed by atoms with Gasteiger partial charge in [0, 0.05) is 0 Å². The Hall–Kier alpha value is -9.62. The van der Waals surface area contributed by atoms with E-state index >= 15 is 0 Å². The number of fused-ring (bicyclic) bond motifs is 6. The lowest BCUT2D eigenvalue weighted by molar-refractivity contribution is 0.768. The monoisotopic (exact) mass is 992 g/mol. The van der Waals surface area contributed by atoms with E-state index in [1.54, 1.807) is 0 Å². The Morgan fingerprint density at radius 1 is 0.205 bits per heavy atom. The quantitative estimate of drug-likeness (QED) is 0.120. The van der Waals surface area contributed by atoms with Crippen molar-refractivity contribution in [3.8, 4) is 44.5 Å². The van der Waals surface area contributed by atoms with E-state index in [9.17, 15) is 0 Å². The highest BCUT2D eigenvalue weighted by Crippen LogP contribution is 2.58. The van der Waals surface area contributed by atoms with Crippen molar-refractivity contribution in [2.45, 2.75) is 24.7 Å². The molecule has 0 heterocycles. The van der Waals surface area contributed by atoms with Crippen LogP contribution in [-0.4, -0.2) is 0 Å². The molecule has 0 aromatic heterocycles. The molecule has 0 fully saturated rings. The molecular weight excluding hydrogens is 937 g/mol. The summed E-state index contributed by atoms with van der Waals surface area (Å²) in [5, 5.41) is 0. The van der Waals surface area contributed by atoms with E-state index in [1.165, 1.54) is 122 Å². The maximum atomic E-state index is 2.36. The minimum absolute atomic E-state index is 0.437. The Kier molecular flexibility index (Phi) is 11.5. The molecule has 12 aromatic carbocycles. The Morgan fingerprint density at radius 2 is 0.423 bits per heavy atom. The van der Waals surface area contributed by atoms with Crippen molar-refractivity contribution in [2.75, 3.05) is 0 Å². The van der Waals surface area contributed by atoms with Crippen molar-refractivity contribution >= 4 is 11.1 Å². The van der Waals surface area contributed by atoms with Crippen LogP contribution in [0.3, 0.4) is 0 Å². The van der Waals surface area contributed by atoms with Crippen molar-refractivity contribution in [2.24, 2.45) is 0 Å². The second kappa shape index (κ2) is 19.2. The third-order valence-electron chi connectivity index (χ3n) is 16.9. The fraction of sp³-hybridized carbons (Fsp3) is 0.0513. The van der Waals surface area contributed by atoms with Crippen LogP contribution in [-0.2, 0) is 10.8 Å². The zero-order chi connectivity index (χ0) is 52.2. The summed E-state index contributed by atoms with van der Waals surface area (Å²) in [5.74, 6) is 0. The molecule has 0 heteroatoms. The highest BCUT2D eigenvalue weighted by molar-refractivity contribution is 6.05. The molecule has 0 bridgehead atoms. The van der Waals surface area contributed by atoms with E-state index in [1.807, 2.05) is 0 Å². The van der Waals surface area contributed by atoms with Gasteiger partial charge in [0.1, 0.15) is 0 Å². The normalized spacial score (nSPS) is 13.2. The smallest absolute Gasteiger partial charge is 0.0622 e. The van der Waals surface area contributed by atoms with Gasteiger partial charge < -0.3 is 0 Å². The van der Waals surface area contributed by atoms with Gasteiger partial charge in [0.05, 0.1) is 10.8 Å². The first-order valence-electron chi connectivity index (χ1n) is 27.3. The molecular formula is C78H56. The number of rotatable bonds is 10. The summed E-state index contributed by atoms with van der Waals surface area (Å²) in [6, 6.07) is 113. The summed E-state index contributed by atoms with van der Waals surface area (Å²) in [7, 11) is 0. The Balaban J connectivity index is 0.844. The predicted molar refractivity (Wildman–Crippen MR) is 326 cm³/mol. The summed E-state index contributed by atoms with van der Waals surface area (Å²) in [4.78, 5) is 0. The van der Waals surface area contributed by atoms with Gasteiger partial charge in [0.15, 0.2) is 0 Å². The van der Waals surface area contributed by atoms with Gasteiger partial charge in [0.2, 0.25) is 0 Å². The zero-order valence-electron chi connectivity index (χ0n) is 43.9. The van der Waals surface area contributed by atoms with Crippen LogP contribution in [0.25, 0.3) is 55.7 Å². The first kappa shape index (κ1) is 46.9. The lowest BCUT2D eigenvalue weighted by atomic mass is 9.67. The van der Waals surface area contributed by atoms with E-state index in [0.717, 1.165) is 11.1 Å². The van der Waals surface area contributed by atoms with Crippen molar-refractivity contribution in [3.63, 3.8) is 0 Å². The number of hydrogen-bond acceptors (Lipinski definition) is 0. The summed E-state index contributed by atoms with van der Waals surface area (Å²) >= 11 is 0. The van der Waals surface area contributed by atoms with Crippen LogP contribution in [0.5, 0.6) is 0 Å². The van der Waals surface area contributed by atoms with E-state index in [-0.39, 0.29) is 0 Å². The molecule has 0 nitrogen and oxygen atoms in total. The van der Waals surface area contributed by atoms with E-state index < -0.39 is 10.8 Å². The highest BCUT2D eigenvalue weighted by atomic mass is 14.5. The molecule has 0 amide bonds. The molecule has 368 valence electrons. The van der Waals surface area contributed by atoms with Crippen molar-refractivity contribution < 1.29 is 0 Å². The third kappa shape index (κ3) is 7.51. The van der Waals surface area contributed by atoms with Gasteiger partial charge in [-0.05, 0) is 136 Å². The SMILES string of the molecule is Cc1ccc(C2(c3ccc(-c4ccc(C(=C(c5ccccc5)c5ccccc5)c5ccc(-c6ccc(C7(c8ccc(C)cc8)c8ccccc8-c8ccccc87)cc6)cc5)cc4)cc3)c3ccccc3-c3ccccc32)cc1. The molecule has 0 N–H and O–H groups in total. The second-order valence-electron chi connectivity index (χ2n) is 21.2. The minimum atomic E-state index is -0.437. The van der Waals surface area contributed by atoms with Crippen LogP contribution in [0.2, 0.25) is 0 Å². The van der Waals surface area contributed by atoms with Crippen LogP contribution in [0.4, 0.5) is 0 Å². The first-order chi connectivity index (χ1) is 38.5. The third-order valence-corrected chi connectivity index (χ3v) is 16.9. The summed E-state index contributed by atoms with van der Waals surface area (Å²) in [6.07, 6.45) is 0. The molecule has 12 aromatic rings. The van der Waals surface area contributed by atoms with Gasteiger partial charge in [-0.1, -0.05) is 314 Å². The molecule has 0 spiro atoms. The van der Waals surface area contributed by atoms with E-state index in [0.29, 0.717) is 0 Å². The number of aryl methyl sites for hydroxylation is 2. The molecule has 14 rings (SSSR count). The van der Waals surface area contributed by atoms with E-state index in [2.05, 4.69) is 317 Å². The molecule has 0 saturated heterocycles. The fourth-order valence-corrected chi connectivity index (χ4v) is 13.3. The zero-order valence-corrected chi connectivity index (χ0v) is 43.9. The van der Waals surface area contributed by atoms with Gasteiger partial charge in [0.25, 0.3) is 0 Å². The van der Waals surface area contributed by atoms with E-state index in [4.69, 9.17) is 0 Å². The summed E-state index contributed by atoms with van der Waals surface area (Å²) < 4.78 is 0. The van der Waals surface area contributed by atoms with Gasteiger partial charge >= 0.3 is 0 Å². The lowest BCUT2D eigenvalue weighted by Gasteiger charge is -2.34. The highest BCUT2D eigenvalue weighted by Gasteiger charge is 2.47. The van der Waals surface area contributed by atoms with Crippen molar-refractivity contribution in [1.29, 1.82) is 0 Å². The molecule has 0 atom stereocenters. The molecule has 78 heavy (non-hydrogen) atoms. The van der Waals surface area contributed by atoms with Crippen molar-refractivity contribution in [1.82, 2.24) is 0 Å². The van der Waals surface area contributed by atoms with Crippen LogP contribution in [0, 0.1) is 13.8 Å². The number of benzene rings is 12. The van der Waals surface area contributed by atoms with Gasteiger partial charge in [-0.25, -0.2) is 0 Å². The summed E-state index contributed by atoms with van der Waals surface area (Å²) in [6.45, 7) is 4.34. The Morgan fingerprint density at radius 3 is 0.705 bits per heavy atom.